The first kappa shape index (κ1) is 25.2. The summed E-state index contributed by atoms with van der Waals surface area (Å²) in [5.41, 5.74) is 5.12. The predicted octanol–water partition coefficient (Wildman–Crippen LogP) is 4.94. The first-order valence-electron chi connectivity index (χ1n) is 11.4. The van der Waals surface area contributed by atoms with Gasteiger partial charge in [-0.1, -0.05) is 32.0 Å². The van der Waals surface area contributed by atoms with Crippen molar-refractivity contribution in [2.45, 2.75) is 25.2 Å². The molecule has 1 N–H and O–H groups in total. The van der Waals surface area contributed by atoms with Gasteiger partial charge in [0.05, 0.1) is 31.0 Å². The highest BCUT2D eigenvalue weighted by Gasteiger charge is 2.31. The zero-order valence-electron chi connectivity index (χ0n) is 20.3. The number of benzene rings is 2. The molecule has 2 atom stereocenters. The normalized spacial score (nSPS) is 19.1. The number of aromatic nitrogens is 1. The van der Waals surface area contributed by atoms with Gasteiger partial charge in [0.2, 0.25) is 15.2 Å². The fourth-order valence-electron chi connectivity index (χ4n) is 4.40. The smallest absolute Gasteiger partial charge is 0.243 e. The van der Waals surface area contributed by atoms with Crippen LogP contribution in [-0.4, -0.2) is 51.2 Å². The van der Waals surface area contributed by atoms with Crippen molar-refractivity contribution in [1.29, 1.82) is 0 Å². The largest absolute Gasteiger partial charge is 0.493 e. The Morgan fingerprint density at radius 3 is 2.57 bits per heavy atom. The van der Waals surface area contributed by atoms with Gasteiger partial charge in [-0.25, -0.2) is 13.4 Å². The summed E-state index contributed by atoms with van der Waals surface area (Å²) >= 11 is 1.39. The van der Waals surface area contributed by atoms with Crippen LogP contribution in [0.1, 0.15) is 25.8 Å². The van der Waals surface area contributed by atoms with Gasteiger partial charge in [0.25, 0.3) is 0 Å². The number of nitrogens with one attached hydrogen (secondary N) is 1. The molecule has 3 aromatic rings. The Kier molecular flexibility index (Phi) is 7.73. The quantitative estimate of drug-likeness (QED) is 0.338. The summed E-state index contributed by atoms with van der Waals surface area (Å²) < 4.78 is 38.9. The number of sulfonamides is 1. The molecule has 1 saturated heterocycles. The summed E-state index contributed by atoms with van der Waals surface area (Å²) in [5, 5.41) is 6.73. The van der Waals surface area contributed by atoms with Crippen LogP contribution in [0.25, 0.3) is 11.3 Å². The minimum absolute atomic E-state index is 0.293. The first-order valence-corrected chi connectivity index (χ1v) is 13.7. The summed E-state index contributed by atoms with van der Waals surface area (Å²) in [6, 6.07) is 12.5. The van der Waals surface area contributed by atoms with Crippen molar-refractivity contribution < 1.29 is 17.9 Å². The Bertz CT molecular complexity index is 1300. The van der Waals surface area contributed by atoms with E-state index < -0.39 is 10.0 Å². The number of hydrogen-bond donors (Lipinski definition) is 1. The number of hydrazone groups is 1. The molecule has 2 unspecified atom stereocenters. The molecule has 0 spiro atoms. The number of para-hydroxylation sites is 1. The highest BCUT2D eigenvalue weighted by atomic mass is 32.2. The Labute approximate surface area is 210 Å². The molecule has 2 aromatic carbocycles. The lowest BCUT2D eigenvalue weighted by atomic mass is 9.94. The van der Waals surface area contributed by atoms with E-state index in [0.717, 1.165) is 17.5 Å². The average molecular weight is 515 g/mol. The molecule has 186 valence electrons. The van der Waals surface area contributed by atoms with Crippen LogP contribution in [-0.2, 0) is 10.0 Å². The van der Waals surface area contributed by atoms with Crippen LogP contribution in [0.5, 0.6) is 11.5 Å². The van der Waals surface area contributed by atoms with E-state index >= 15 is 0 Å². The number of methoxy groups -OCH3 is 2. The van der Waals surface area contributed by atoms with Crippen molar-refractivity contribution in [3.05, 3.63) is 53.4 Å². The van der Waals surface area contributed by atoms with Crippen molar-refractivity contribution in [3.8, 4) is 22.8 Å². The fourth-order valence-corrected chi connectivity index (χ4v) is 6.79. The van der Waals surface area contributed by atoms with E-state index in [0.29, 0.717) is 52.1 Å². The lowest BCUT2D eigenvalue weighted by Gasteiger charge is -2.34. The maximum absolute atomic E-state index is 13.3. The molecule has 0 amide bonds. The molecule has 0 saturated carbocycles. The van der Waals surface area contributed by atoms with E-state index in [1.54, 1.807) is 42.9 Å². The Hall–Kier alpha value is -2.95. The molecular formula is C25H30N4O4S2. The molecule has 0 bridgehead atoms. The number of piperidine rings is 1. The van der Waals surface area contributed by atoms with Crippen LogP contribution in [0, 0.1) is 11.8 Å². The highest BCUT2D eigenvalue weighted by Crippen LogP contribution is 2.31. The van der Waals surface area contributed by atoms with Gasteiger partial charge in [0, 0.05) is 29.6 Å². The van der Waals surface area contributed by atoms with Crippen LogP contribution < -0.4 is 14.9 Å². The van der Waals surface area contributed by atoms with E-state index in [4.69, 9.17) is 9.47 Å². The second-order valence-corrected chi connectivity index (χ2v) is 11.6. The molecule has 10 heteroatoms. The van der Waals surface area contributed by atoms with Gasteiger partial charge in [-0.3, -0.25) is 5.43 Å². The van der Waals surface area contributed by atoms with E-state index in [-0.39, 0.29) is 0 Å². The summed E-state index contributed by atoms with van der Waals surface area (Å²) in [4.78, 5) is 4.87. The first-order chi connectivity index (χ1) is 16.8. The van der Waals surface area contributed by atoms with Crippen molar-refractivity contribution in [3.63, 3.8) is 0 Å². The maximum Gasteiger partial charge on any atom is 0.243 e. The van der Waals surface area contributed by atoms with Crippen LogP contribution in [0.2, 0.25) is 0 Å². The molecule has 4 rings (SSSR count). The van der Waals surface area contributed by atoms with Gasteiger partial charge in [0.1, 0.15) is 0 Å². The zero-order valence-corrected chi connectivity index (χ0v) is 21.9. The van der Waals surface area contributed by atoms with Gasteiger partial charge in [-0.15, -0.1) is 11.3 Å². The second-order valence-electron chi connectivity index (χ2n) is 8.79. The third-order valence-corrected chi connectivity index (χ3v) is 8.48. The van der Waals surface area contributed by atoms with E-state index in [9.17, 15) is 8.42 Å². The summed E-state index contributed by atoms with van der Waals surface area (Å²) in [6.45, 7) is 5.31. The van der Waals surface area contributed by atoms with Crippen LogP contribution in [0.3, 0.4) is 0 Å². The maximum atomic E-state index is 13.3. The lowest BCUT2D eigenvalue weighted by molar-refractivity contribution is 0.222. The monoisotopic (exact) mass is 514 g/mol. The number of thiazole rings is 1. The van der Waals surface area contributed by atoms with Crippen LogP contribution in [0.15, 0.2) is 57.8 Å². The Morgan fingerprint density at radius 2 is 1.86 bits per heavy atom. The summed E-state index contributed by atoms with van der Waals surface area (Å²) in [6.07, 6.45) is 2.68. The van der Waals surface area contributed by atoms with E-state index in [1.807, 2.05) is 29.6 Å². The van der Waals surface area contributed by atoms with Crippen molar-refractivity contribution >= 4 is 32.7 Å². The number of rotatable bonds is 8. The molecule has 0 aliphatic carbocycles. The molecule has 1 fully saturated rings. The highest BCUT2D eigenvalue weighted by molar-refractivity contribution is 7.89. The minimum Gasteiger partial charge on any atom is -0.493 e. The van der Waals surface area contributed by atoms with Gasteiger partial charge < -0.3 is 9.47 Å². The predicted molar refractivity (Wildman–Crippen MR) is 140 cm³/mol. The van der Waals surface area contributed by atoms with Gasteiger partial charge in [-0.05, 0) is 42.5 Å². The lowest BCUT2D eigenvalue weighted by Crippen LogP contribution is -2.42. The second kappa shape index (κ2) is 10.8. The number of ether oxygens (including phenoxy) is 2. The molecule has 1 aliphatic heterocycles. The van der Waals surface area contributed by atoms with E-state index in [1.165, 1.54) is 11.3 Å². The Balaban J connectivity index is 1.50. The van der Waals surface area contributed by atoms with Gasteiger partial charge >= 0.3 is 0 Å². The topological polar surface area (TPSA) is 93.1 Å². The van der Waals surface area contributed by atoms with Crippen LogP contribution in [0.4, 0.5) is 5.13 Å². The summed E-state index contributed by atoms with van der Waals surface area (Å²) in [7, 11) is -0.396. The molecule has 35 heavy (non-hydrogen) atoms. The molecule has 8 nitrogen and oxygen atoms in total. The molecular weight excluding hydrogens is 484 g/mol. The average Bonchev–Trinajstić information content (AvgIpc) is 3.32. The molecule has 2 heterocycles. The van der Waals surface area contributed by atoms with Gasteiger partial charge in [-0.2, -0.15) is 9.41 Å². The van der Waals surface area contributed by atoms with Crippen molar-refractivity contribution in [2.75, 3.05) is 32.7 Å². The Morgan fingerprint density at radius 1 is 1.11 bits per heavy atom. The zero-order chi connectivity index (χ0) is 25.0. The fraction of sp³-hybridized carbons (Fsp3) is 0.360. The standard InChI is InChI=1S/C25H30N4O4S2/c1-17-11-18(2)15-29(14-17)35(30,31)21-9-5-7-19(12-21)22-16-34-25(27-22)28-26-13-20-8-6-10-23(32-3)24(20)33-4/h5-10,12-13,16-18H,11,14-15H2,1-4H3,(H,27,28). The van der Waals surface area contributed by atoms with Crippen molar-refractivity contribution in [1.82, 2.24) is 9.29 Å². The molecule has 1 aliphatic rings. The number of anilines is 1. The van der Waals surface area contributed by atoms with Gasteiger partial charge in [0.15, 0.2) is 11.5 Å². The molecule has 1 aromatic heterocycles. The van der Waals surface area contributed by atoms with E-state index in [2.05, 4.69) is 29.4 Å². The number of hydrogen-bond acceptors (Lipinski definition) is 8. The number of nitrogens with zero attached hydrogens (tertiary/aromatic N) is 3. The third-order valence-electron chi connectivity index (χ3n) is 5.90. The summed E-state index contributed by atoms with van der Waals surface area (Å²) in [5.74, 6) is 1.91. The van der Waals surface area contributed by atoms with Crippen LogP contribution >= 0.6 is 11.3 Å². The third kappa shape index (κ3) is 5.66. The SMILES string of the molecule is COc1cccc(C=NNc2nc(-c3cccc(S(=O)(=O)N4CC(C)CC(C)C4)c3)cs2)c1OC. The molecule has 0 radical (unpaired) electrons. The van der Waals surface area contributed by atoms with Crippen molar-refractivity contribution in [2.24, 2.45) is 16.9 Å². The minimum atomic E-state index is -3.56.